The van der Waals surface area contributed by atoms with Gasteiger partial charge in [-0.15, -0.1) is 12.4 Å². The molecule has 0 saturated carbocycles. The summed E-state index contributed by atoms with van der Waals surface area (Å²) in [5.74, 6) is -0.431. The molecule has 0 aliphatic carbocycles. The summed E-state index contributed by atoms with van der Waals surface area (Å²) in [7, 11) is 0. The molecule has 3 aromatic rings. The van der Waals surface area contributed by atoms with Gasteiger partial charge in [-0.25, -0.2) is 0 Å². The van der Waals surface area contributed by atoms with Gasteiger partial charge in [0.1, 0.15) is 0 Å². The number of primary amides is 1. The first-order valence-electron chi connectivity index (χ1n) is 7.93. The van der Waals surface area contributed by atoms with Crippen molar-refractivity contribution in [3.63, 3.8) is 0 Å². The highest BCUT2D eigenvalue weighted by molar-refractivity contribution is 5.95. The second kappa shape index (κ2) is 7.23. The molecular weight excluding hydrogens is 340 g/mol. The van der Waals surface area contributed by atoms with Gasteiger partial charge in [-0.3, -0.25) is 9.89 Å². The number of aromatic amines is 1. The fourth-order valence-corrected chi connectivity index (χ4v) is 3.03. The Balaban J connectivity index is 0.00000182. The van der Waals surface area contributed by atoms with E-state index in [1.807, 2.05) is 12.1 Å². The van der Waals surface area contributed by atoms with E-state index in [0.717, 1.165) is 47.4 Å². The third kappa shape index (κ3) is 3.37. The van der Waals surface area contributed by atoms with Gasteiger partial charge in [-0.05, 0) is 23.8 Å². The number of fused-ring (bicyclic) bond motifs is 1. The third-order valence-corrected chi connectivity index (χ3v) is 4.33. The van der Waals surface area contributed by atoms with Crippen LogP contribution in [0.5, 0.6) is 0 Å². The monoisotopic (exact) mass is 358 g/mol. The van der Waals surface area contributed by atoms with Gasteiger partial charge in [0.2, 0.25) is 5.91 Å². The van der Waals surface area contributed by atoms with Crippen LogP contribution in [0, 0.1) is 0 Å². The first-order valence-corrected chi connectivity index (χ1v) is 7.93. The first-order chi connectivity index (χ1) is 11.7. The fourth-order valence-electron chi connectivity index (χ4n) is 3.03. The number of nitrogens with two attached hydrogens (primary N) is 1. The molecule has 1 aromatic heterocycles. The number of halogens is 1. The summed E-state index contributed by atoms with van der Waals surface area (Å²) in [4.78, 5) is 11.2. The van der Waals surface area contributed by atoms with Gasteiger partial charge in [-0.2, -0.15) is 5.10 Å². The number of morpholine rings is 1. The Morgan fingerprint density at radius 2 is 2.00 bits per heavy atom. The lowest BCUT2D eigenvalue weighted by Crippen LogP contribution is -2.33. The largest absolute Gasteiger partial charge is 0.371 e. The zero-order valence-electron chi connectivity index (χ0n) is 13.5. The summed E-state index contributed by atoms with van der Waals surface area (Å²) >= 11 is 0. The Morgan fingerprint density at radius 3 is 2.68 bits per heavy atom. The number of aromatic nitrogens is 2. The summed E-state index contributed by atoms with van der Waals surface area (Å²) in [5, 5.41) is 11.9. The second-order valence-electron chi connectivity index (χ2n) is 5.88. The number of H-pyrrole nitrogens is 1. The molecule has 4 N–H and O–H groups in total. The van der Waals surface area contributed by atoms with Crippen molar-refractivity contribution in [3.05, 3.63) is 53.6 Å². The molecular formula is C18H19ClN4O2. The van der Waals surface area contributed by atoms with Crippen LogP contribution in [0.25, 0.3) is 22.2 Å². The van der Waals surface area contributed by atoms with E-state index in [9.17, 15) is 4.79 Å². The van der Waals surface area contributed by atoms with E-state index in [-0.39, 0.29) is 18.5 Å². The van der Waals surface area contributed by atoms with Crippen LogP contribution >= 0.6 is 12.4 Å². The molecule has 0 spiro atoms. The van der Waals surface area contributed by atoms with Crippen molar-refractivity contribution >= 4 is 29.2 Å². The topological polar surface area (TPSA) is 93.0 Å². The van der Waals surface area contributed by atoms with Crippen LogP contribution in [-0.4, -0.2) is 35.8 Å². The maximum Gasteiger partial charge on any atom is 0.248 e. The minimum Gasteiger partial charge on any atom is -0.371 e. The highest BCUT2D eigenvalue weighted by Crippen LogP contribution is 2.29. The predicted octanol–water partition coefficient (Wildman–Crippen LogP) is 2.41. The molecule has 4 rings (SSSR count). The molecule has 130 valence electrons. The predicted molar refractivity (Wildman–Crippen MR) is 98.9 cm³/mol. The third-order valence-electron chi connectivity index (χ3n) is 4.33. The number of nitrogens with one attached hydrogen (secondary N) is 2. The van der Waals surface area contributed by atoms with Crippen molar-refractivity contribution < 1.29 is 9.53 Å². The normalized spacial score (nSPS) is 17.2. The van der Waals surface area contributed by atoms with Crippen LogP contribution in [-0.2, 0) is 4.74 Å². The van der Waals surface area contributed by atoms with E-state index in [2.05, 4.69) is 33.7 Å². The van der Waals surface area contributed by atoms with Gasteiger partial charge in [0.15, 0.2) is 0 Å². The van der Waals surface area contributed by atoms with Gasteiger partial charge < -0.3 is 15.8 Å². The highest BCUT2D eigenvalue weighted by Gasteiger charge is 2.17. The molecule has 1 saturated heterocycles. The average Bonchev–Trinajstić information content (AvgIpc) is 3.05. The van der Waals surface area contributed by atoms with Crippen LogP contribution in [0.4, 0.5) is 0 Å². The number of nitrogens with zero attached hydrogens (tertiary/aromatic N) is 1. The average molecular weight is 359 g/mol. The lowest BCUT2D eigenvalue weighted by molar-refractivity contribution is 0.0278. The number of hydrogen-bond acceptors (Lipinski definition) is 4. The Labute approximate surface area is 151 Å². The number of hydrogen-bond donors (Lipinski definition) is 3. The molecule has 2 heterocycles. The second-order valence-corrected chi connectivity index (χ2v) is 5.88. The van der Waals surface area contributed by atoms with Crippen molar-refractivity contribution in [1.82, 2.24) is 15.5 Å². The van der Waals surface area contributed by atoms with Gasteiger partial charge in [-0.1, -0.05) is 24.3 Å². The van der Waals surface area contributed by atoms with E-state index in [0.29, 0.717) is 5.56 Å². The number of carbonyl (C=O) groups is 1. The van der Waals surface area contributed by atoms with Crippen LogP contribution in [0.15, 0.2) is 42.5 Å². The van der Waals surface area contributed by atoms with Crippen molar-refractivity contribution in [2.75, 3.05) is 19.7 Å². The first kappa shape index (κ1) is 17.4. The lowest BCUT2D eigenvalue weighted by atomic mass is 10.0. The summed E-state index contributed by atoms with van der Waals surface area (Å²) in [6.07, 6.45) is 0.0738. The van der Waals surface area contributed by atoms with Crippen LogP contribution < -0.4 is 11.1 Å². The molecule has 1 fully saturated rings. The van der Waals surface area contributed by atoms with Crippen molar-refractivity contribution in [2.24, 2.45) is 5.73 Å². The molecule has 1 aliphatic rings. The number of amides is 1. The van der Waals surface area contributed by atoms with Gasteiger partial charge in [0, 0.05) is 29.6 Å². The van der Waals surface area contributed by atoms with Gasteiger partial charge in [0.05, 0.1) is 23.9 Å². The fraction of sp³-hybridized carbons (Fsp3) is 0.222. The summed E-state index contributed by atoms with van der Waals surface area (Å²) in [6, 6.07) is 13.4. The summed E-state index contributed by atoms with van der Waals surface area (Å²) < 4.78 is 5.80. The van der Waals surface area contributed by atoms with Crippen LogP contribution in [0.1, 0.15) is 22.0 Å². The number of carbonyl (C=O) groups excluding carboxylic acids is 1. The van der Waals surface area contributed by atoms with E-state index in [4.69, 9.17) is 10.5 Å². The number of rotatable bonds is 3. The molecule has 2 aromatic carbocycles. The highest BCUT2D eigenvalue weighted by atomic mass is 35.5. The molecule has 6 nitrogen and oxygen atoms in total. The maximum absolute atomic E-state index is 11.2. The minimum absolute atomic E-state index is 0. The smallest absolute Gasteiger partial charge is 0.248 e. The molecule has 1 unspecified atom stereocenters. The van der Waals surface area contributed by atoms with E-state index >= 15 is 0 Å². The minimum atomic E-state index is -0.431. The molecule has 7 heteroatoms. The lowest BCUT2D eigenvalue weighted by Gasteiger charge is -2.23. The summed E-state index contributed by atoms with van der Waals surface area (Å²) in [5.41, 5.74) is 9.67. The quantitative estimate of drug-likeness (QED) is 0.670. The number of ether oxygens (including phenoxy) is 1. The molecule has 1 atom stereocenters. The molecule has 1 amide bonds. The van der Waals surface area contributed by atoms with Crippen molar-refractivity contribution in [3.8, 4) is 11.3 Å². The summed E-state index contributed by atoms with van der Waals surface area (Å²) in [6.45, 7) is 2.44. The van der Waals surface area contributed by atoms with Crippen molar-refractivity contribution in [2.45, 2.75) is 6.10 Å². The Bertz CT molecular complexity index is 886. The standard InChI is InChI=1S/C18H18N4O2.ClH/c19-18(23)12-3-1-11(2-4-12)17-14-6-5-13(9-15(14)21-22-17)16-10-20-7-8-24-16;/h1-6,9,16,20H,7-8,10H2,(H2,19,23)(H,21,22);1H. The van der Waals surface area contributed by atoms with Crippen molar-refractivity contribution in [1.29, 1.82) is 0 Å². The maximum atomic E-state index is 11.2. The Hall–Kier alpha value is -2.41. The molecule has 0 bridgehead atoms. The van der Waals surface area contributed by atoms with Crippen LogP contribution in [0.3, 0.4) is 0 Å². The Morgan fingerprint density at radius 1 is 1.20 bits per heavy atom. The zero-order valence-corrected chi connectivity index (χ0v) is 14.3. The van der Waals surface area contributed by atoms with E-state index in [1.54, 1.807) is 12.1 Å². The van der Waals surface area contributed by atoms with Gasteiger partial charge >= 0.3 is 0 Å². The number of benzene rings is 2. The zero-order chi connectivity index (χ0) is 16.5. The van der Waals surface area contributed by atoms with Gasteiger partial charge in [0.25, 0.3) is 0 Å². The molecule has 25 heavy (non-hydrogen) atoms. The SMILES string of the molecule is Cl.NC(=O)c1ccc(-c2n[nH]c3cc(C4CNCCO4)ccc23)cc1. The van der Waals surface area contributed by atoms with E-state index < -0.39 is 5.91 Å². The Kier molecular flexibility index (Phi) is 5.03. The van der Waals surface area contributed by atoms with E-state index in [1.165, 1.54) is 0 Å². The molecule has 0 radical (unpaired) electrons. The van der Waals surface area contributed by atoms with Crippen LogP contribution in [0.2, 0.25) is 0 Å². The molecule has 1 aliphatic heterocycles.